The third-order valence-corrected chi connectivity index (χ3v) is 8.18. The molecule has 36 heavy (non-hydrogen) atoms. The lowest BCUT2D eigenvalue weighted by molar-refractivity contribution is -0.122. The number of carbonyl (C=O) groups is 1. The van der Waals surface area contributed by atoms with Crippen LogP contribution < -0.4 is 11.1 Å². The summed E-state index contributed by atoms with van der Waals surface area (Å²) in [5, 5.41) is 18.2. The maximum absolute atomic E-state index is 12.2. The fourth-order valence-corrected chi connectivity index (χ4v) is 6.37. The molecule has 1 saturated carbocycles. The molecule has 0 aromatic carbocycles. The highest BCUT2D eigenvalue weighted by Gasteiger charge is 2.47. The Kier molecular flexibility index (Phi) is 5.97. The van der Waals surface area contributed by atoms with Gasteiger partial charge in [-0.05, 0) is 38.0 Å². The molecule has 6 rings (SSSR count). The number of primary amides is 1. The molecule has 2 aliphatic carbocycles. The Hall–Kier alpha value is -2.95. The lowest BCUT2D eigenvalue weighted by Crippen LogP contribution is -2.41. The normalized spacial score (nSPS) is 27.2. The van der Waals surface area contributed by atoms with Crippen LogP contribution in [0.15, 0.2) is 30.7 Å². The number of pyridine rings is 1. The third-order valence-electron chi connectivity index (χ3n) is 7.89. The summed E-state index contributed by atoms with van der Waals surface area (Å²) in [6, 6.07) is 0.193. The molecule has 190 valence electrons. The highest BCUT2D eigenvalue weighted by atomic mass is 35.5. The highest BCUT2D eigenvalue weighted by Crippen LogP contribution is 2.46. The number of hydrogen-bond donors (Lipinski definition) is 4. The molecule has 3 aliphatic rings. The summed E-state index contributed by atoms with van der Waals surface area (Å²) in [5.74, 6) is 0.497. The van der Waals surface area contributed by atoms with Crippen LogP contribution in [0.25, 0.3) is 22.6 Å². The molecular weight excluding hydrogens is 480 g/mol. The molecule has 0 radical (unpaired) electrons. The van der Waals surface area contributed by atoms with Gasteiger partial charge in [0.15, 0.2) is 5.65 Å². The lowest BCUT2D eigenvalue weighted by Gasteiger charge is -2.32. The number of nitrogens with two attached hydrogens (primary N) is 1. The fraction of sp³-hybridized carbons (Fsp3) is 0.520. The number of β-amino-alcohol motifs (C(OH)–C–C–N with tert-alkyl or cyclic N) is 1. The number of anilines is 1. The summed E-state index contributed by atoms with van der Waals surface area (Å²) in [5.41, 5.74) is 8.54. The van der Waals surface area contributed by atoms with Crippen molar-refractivity contribution >= 4 is 34.4 Å². The van der Waals surface area contributed by atoms with Gasteiger partial charge in [-0.15, -0.1) is 0 Å². The van der Waals surface area contributed by atoms with E-state index in [1.54, 1.807) is 6.20 Å². The predicted octanol–water partition coefficient (Wildman–Crippen LogP) is 2.58. The van der Waals surface area contributed by atoms with Crippen molar-refractivity contribution in [2.45, 2.75) is 44.4 Å². The van der Waals surface area contributed by atoms with Gasteiger partial charge in [0, 0.05) is 31.9 Å². The molecule has 3 aromatic heterocycles. The zero-order chi connectivity index (χ0) is 25.0. The van der Waals surface area contributed by atoms with Gasteiger partial charge >= 0.3 is 0 Å². The number of allylic oxidation sites excluding steroid dienone is 1. The Labute approximate surface area is 213 Å². The van der Waals surface area contributed by atoms with Gasteiger partial charge in [-0.3, -0.25) is 9.48 Å². The van der Waals surface area contributed by atoms with Crippen molar-refractivity contribution in [2.24, 2.45) is 23.5 Å². The largest absolute Gasteiger partial charge is 0.392 e. The van der Waals surface area contributed by atoms with Crippen LogP contribution in [0.3, 0.4) is 0 Å². The van der Waals surface area contributed by atoms with Crippen molar-refractivity contribution in [1.82, 2.24) is 29.6 Å². The first-order valence-corrected chi connectivity index (χ1v) is 13.0. The van der Waals surface area contributed by atoms with E-state index in [0.717, 1.165) is 37.9 Å². The summed E-state index contributed by atoms with van der Waals surface area (Å²) in [7, 11) is 0. The van der Waals surface area contributed by atoms with Crippen LogP contribution in [0.5, 0.6) is 0 Å². The van der Waals surface area contributed by atoms with Crippen LogP contribution in [0.2, 0.25) is 5.02 Å². The third kappa shape index (κ3) is 4.16. The minimum Gasteiger partial charge on any atom is -0.392 e. The van der Waals surface area contributed by atoms with E-state index in [4.69, 9.17) is 22.3 Å². The monoisotopic (exact) mass is 510 g/mol. The highest BCUT2D eigenvalue weighted by molar-refractivity contribution is 6.34. The van der Waals surface area contributed by atoms with E-state index < -0.39 is 0 Å². The van der Waals surface area contributed by atoms with Crippen LogP contribution in [0, 0.1) is 17.8 Å². The quantitative estimate of drug-likeness (QED) is 0.358. The minimum absolute atomic E-state index is 0.122. The van der Waals surface area contributed by atoms with Gasteiger partial charge in [-0.1, -0.05) is 23.8 Å². The Morgan fingerprint density at radius 3 is 2.83 bits per heavy atom. The van der Waals surface area contributed by atoms with Crippen LogP contribution >= 0.6 is 11.6 Å². The molecule has 5 atom stereocenters. The average molecular weight is 511 g/mol. The molecule has 1 unspecified atom stereocenters. The van der Waals surface area contributed by atoms with Gasteiger partial charge in [0.1, 0.15) is 11.3 Å². The van der Waals surface area contributed by atoms with Crippen LogP contribution in [0.1, 0.15) is 32.2 Å². The number of aromatic amines is 1. The van der Waals surface area contributed by atoms with Gasteiger partial charge in [-0.2, -0.15) is 5.10 Å². The van der Waals surface area contributed by atoms with Gasteiger partial charge in [-0.25, -0.2) is 9.97 Å². The molecule has 2 bridgehead atoms. The van der Waals surface area contributed by atoms with E-state index in [2.05, 4.69) is 37.4 Å². The minimum atomic E-state index is -0.311. The number of halogens is 1. The molecule has 1 amide bonds. The van der Waals surface area contributed by atoms with Gasteiger partial charge in [0.25, 0.3) is 0 Å². The summed E-state index contributed by atoms with van der Waals surface area (Å²) in [6.07, 6.45) is 12.3. The van der Waals surface area contributed by atoms with E-state index in [0.29, 0.717) is 40.3 Å². The van der Waals surface area contributed by atoms with Crippen molar-refractivity contribution in [3.63, 3.8) is 0 Å². The summed E-state index contributed by atoms with van der Waals surface area (Å²) in [4.78, 5) is 27.1. The van der Waals surface area contributed by atoms with E-state index in [9.17, 15) is 9.90 Å². The first-order chi connectivity index (χ1) is 17.4. The maximum atomic E-state index is 12.2. The number of aliphatic hydroxyl groups is 1. The topological polar surface area (TPSA) is 138 Å². The van der Waals surface area contributed by atoms with Crippen LogP contribution in [-0.4, -0.2) is 72.4 Å². The zero-order valence-electron chi connectivity index (χ0n) is 20.1. The lowest BCUT2D eigenvalue weighted by atomic mass is 9.88. The van der Waals surface area contributed by atoms with Gasteiger partial charge < -0.3 is 26.0 Å². The zero-order valence-corrected chi connectivity index (χ0v) is 20.9. The first kappa shape index (κ1) is 23.4. The molecule has 3 aromatic rings. The second-order valence-corrected chi connectivity index (χ2v) is 10.8. The Balaban J connectivity index is 1.23. The number of hydrogen-bond acceptors (Lipinski definition) is 7. The van der Waals surface area contributed by atoms with Crippen molar-refractivity contribution < 1.29 is 9.90 Å². The number of H-pyrrole nitrogens is 1. The SMILES string of the molecule is CC(O)CN1CCC(n2cc(-c3nc4c(N[C@H]5[C@@H](C(N)=O)[C@@H]6C=C[C@H]5C6)c(Cl)cnc4[nH]3)cn2)CC1. The number of aliphatic hydroxyl groups excluding tert-OH is 1. The molecule has 1 saturated heterocycles. The molecular formula is C25H31ClN8O2. The summed E-state index contributed by atoms with van der Waals surface area (Å²) < 4.78 is 2.01. The molecule has 1 aliphatic heterocycles. The second kappa shape index (κ2) is 9.17. The van der Waals surface area contributed by atoms with E-state index in [1.807, 2.05) is 24.0 Å². The number of amides is 1. The molecule has 2 fully saturated rings. The number of fused-ring (bicyclic) bond motifs is 3. The van der Waals surface area contributed by atoms with Crippen molar-refractivity contribution in [1.29, 1.82) is 0 Å². The number of imidazole rings is 1. The number of carbonyl (C=O) groups excluding carboxylic acids is 1. The number of piperidine rings is 1. The number of aromatic nitrogens is 5. The summed E-state index contributed by atoms with van der Waals surface area (Å²) >= 11 is 6.57. The molecule has 4 heterocycles. The maximum Gasteiger partial charge on any atom is 0.223 e. The average Bonchev–Trinajstić information content (AvgIpc) is 3.63. The van der Waals surface area contributed by atoms with Crippen LogP contribution in [0.4, 0.5) is 5.69 Å². The van der Waals surface area contributed by atoms with Gasteiger partial charge in [0.05, 0.1) is 46.7 Å². The van der Waals surface area contributed by atoms with E-state index in [1.165, 1.54) is 0 Å². The van der Waals surface area contributed by atoms with Crippen molar-refractivity contribution in [3.05, 3.63) is 35.8 Å². The van der Waals surface area contributed by atoms with Crippen LogP contribution in [-0.2, 0) is 4.79 Å². The standard InChI is InChI=1S/C25H31ClN8O2/c1-13(35)11-33-6-4-17(5-7-33)34-12-16(9-29-34)24-31-22-21(18(26)10-28-25(22)32-24)30-20-15-3-2-14(8-15)19(20)23(27)36/h2-3,9-10,12-15,17,19-20,35H,4-8,11H2,1H3,(H2,27,36)(H2,28,30,31,32)/t13?,14-,15+,19+,20-/m1/s1. The number of nitrogens with one attached hydrogen (secondary N) is 2. The van der Waals surface area contributed by atoms with Crippen molar-refractivity contribution in [2.75, 3.05) is 25.0 Å². The van der Waals surface area contributed by atoms with E-state index >= 15 is 0 Å². The molecule has 11 heteroatoms. The van der Waals surface area contributed by atoms with Gasteiger partial charge in [0.2, 0.25) is 5.91 Å². The smallest absolute Gasteiger partial charge is 0.223 e. The number of rotatable bonds is 7. The Morgan fingerprint density at radius 2 is 2.08 bits per heavy atom. The second-order valence-electron chi connectivity index (χ2n) is 10.4. The predicted molar refractivity (Wildman–Crippen MR) is 137 cm³/mol. The molecule has 0 spiro atoms. The number of likely N-dealkylation sites (tertiary alicyclic amines) is 1. The Bertz CT molecular complexity index is 1310. The Morgan fingerprint density at radius 1 is 1.31 bits per heavy atom. The molecule has 10 nitrogen and oxygen atoms in total. The first-order valence-electron chi connectivity index (χ1n) is 12.6. The van der Waals surface area contributed by atoms with Crippen molar-refractivity contribution in [3.8, 4) is 11.4 Å². The van der Waals surface area contributed by atoms with E-state index in [-0.39, 0.29) is 35.8 Å². The summed E-state index contributed by atoms with van der Waals surface area (Å²) in [6.45, 7) is 4.42. The molecule has 5 N–H and O–H groups in total. The number of nitrogens with zero attached hydrogens (tertiary/aromatic N) is 5. The fourth-order valence-electron chi connectivity index (χ4n) is 6.18.